The zero-order chi connectivity index (χ0) is 16.4. The second-order valence-corrected chi connectivity index (χ2v) is 6.61. The minimum Gasteiger partial charge on any atom is -0.298 e. The topological polar surface area (TPSA) is 85.1 Å². The van der Waals surface area contributed by atoms with Gasteiger partial charge in [-0.3, -0.25) is 20.2 Å². The average molecular weight is 366 g/mol. The van der Waals surface area contributed by atoms with E-state index in [1.807, 2.05) is 22.9 Å². The highest BCUT2D eigenvalue weighted by Gasteiger charge is 2.16. The summed E-state index contributed by atoms with van der Waals surface area (Å²) in [5, 5.41) is 17.6. The number of hydrogen-bond donors (Lipinski definition) is 1. The van der Waals surface area contributed by atoms with Gasteiger partial charge in [0.15, 0.2) is 5.13 Å². The number of thiophene rings is 1. The van der Waals surface area contributed by atoms with Crippen LogP contribution in [0, 0.1) is 10.1 Å². The van der Waals surface area contributed by atoms with Crippen LogP contribution in [0.15, 0.2) is 41.1 Å². The van der Waals surface area contributed by atoms with Crippen LogP contribution in [0.5, 0.6) is 0 Å². The summed E-state index contributed by atoms with van der Waals surface area (Å²) in [6, 6.07) is 7.70. The highest BCUT2D eigenvalue weighted by atomic mass is 35.5. The Morgan fingerprint density at radius 2 is 2.13 bits per heavy atom. The number of halogens is 1. The molecule has 0 aliphatic rings. The molecule has 6 nitrogen and oxygen atoms in total. The van der Waals surface area contributed by atoms with Gasteiger partial charge < -0.3 is 0 Å². The van der Waals surface area contributed by atoms with Gasteiger partial charge in [-0.15, -0.1) is 22.7 Å². The fraction of sp³-hybridized carbons (Fsp3) is 0. The number of thiazole rings is 1. The number of anilines is 1. The average Bonchev–Trinajstić information content (AvgIpc) is 3.17. The summed E-state index contributed by atoms with van der Waals surface area (Å²) < 4.78 is 0. The second kappa shape index (κ2) is 6.45. The van der Waals surface area contributed by atoms with Crippen molar-refractivity contribution >= 4 is 51.0 Å². The molecule has 1 amide bonds. The molecule has 23 heavy (non-hydrogen) atoms. The Hall–Kier alpha value is -2.29. The van der Waals surface area contributed by atoms with Crippen molar-refractivity contribution in [1.29, 1.82) is 0 Å². The Bertz CT molecular complexity index is 877. The van der Waals surface area contributed by atoms with E-state index < -0.39 is 10.8 Å². The Morgan fingerprint density at radius 1 is 1.30 bits per heavy atom. The number of carbonyl (C=O) groups is 1. The lowest BCUT2D eigenvalue weighted by Gasteiger charge is -2.02. The number of nitro groups is 1. The van der Waals surface area contributed by atoms with Crippen LogP contribution in [0.1, 0.15) is 10.4 Å². The minimum atomic E-state index is -0.599. The van der Waals surface area contributed by atoms with Gasteiger partial charge in [-0.25, -0.2) is 4.98 Å². The van der Waals surface area contributed by atoms with E-state index in [0.29, 0.717) is 5.13 Å². The first-order valence-electron chi connectivity index (χ1n) is 6.29. The number of rotatable bonds is 4. The third-order valence-corrected chi connectivity index (χ3v) is 4.86. The van der Waals surface area contributed by atoms with E-state index in [4.69, 9.17) is 11.6 Å². The van der Waals surface area contributed by atoms with Gasteiger partial charge in [0.2, 0.25) is 0 Å². The first-order valence-corrected chi connectivity index (χ1v) is 8.43. The molecule has 0 saturated heterocycles. The fourth-order valence-corrected chi connectivity index (χ4v) is 3.55. The lowest BCUT2D eigenvalue weighted by Crippen LogP contribution is -2.11. The van der Waals surface area contributed by atoms with Crippen LogP contribution < -0.4 is 5.32 Å². The molecule has 1 aromatic carbocycles. The monoisotopic (exact) mass is 365 g/mol. The van der Waals surface area contributed by atoms with Gasteiger partial charge in [0.05, 0.1) is 15.5 Å². The van der Waals surface area contributed by atoms with Gasteiger partial charge in [0.1, 0.15) is 5.02 Å². The number of benzene rings is 1. The van der Waals surface area contributed by atoms with Crippen molar-refractivity contribution < 1.29 is 9.72 Å². The quantitative estimate of drug-likeness (QED) is 0.537. The summed E-state index contributed by atoms with van der Waals surface area (Å²) in [5.41, 5.74) is 0.785. The third-order valence-electron chi connectivity index (χ3n) is 2.90. The Morgan fingerprint density at radius 3 is 2.78 bits per heavy atom. The van der Waals surface area contributed by atoms with Crippen molar-refractivity contribution in [3.63, 3.8) is 0 Å². The molecule has 2 heterocycles. The van der Waals surface area contributed by atoms with Crippen LogP contribution in [-0.4, -0.2) is 15.8 Å². The number of nitrogens with zero attached hydrogens (tertiary/aromatic N) is 2. The third kappa shape index (κ3) is 3.39. The van der Waals surface area contributed by atoms with E-state index in [1.165, 1.54) is 29.5 Å². The predicted octanol–water partition coefficient (Wildman–Crippen LogP) is 4.69. The highest BCUT2D eigenvalue weighted by molar-refractivity contribution is 7.16. The van der Waals surface area contributed by atoms with E-state index in [9.17, 15) is 14.9 Å². The van der Waals surface area contributed by atoms with E-state index in [1.54, 1.807) is 11.3 Å². The smallest absolute Gasteiger partial charge is 0.287 e. The molecular weight excluding hydrogens is 358 g/mol. The molecule has 0 unspecified atom stereocenters. The lowest BCUT2D eigenvalue weighted by atomic mass is 10.2. The van der Waals surface area contributed by atoms with Gasteiger partial charge >= 0.3 is 0 Å². The molecule has 1 N–H and O–H groups in total. The van der Waals surface area contributed by atoms with E-state index >= 15 is 0 Å². The molecule has 0 saturated carbocycles. The first-order chi connectivity index (χ1) is 11.0. The van der Waals surface area contributed by atoms with Crippen LogP contribution in [-0.2, 0) is 0 Å². The number of nitro benzene ring substituents is 1. The highest BCUT2D eigenvalue weighted by Crippen LogP contribution is 2.29. The van der Waals surface area contributed by atoms with Crippen LogP contribution >= 0.6 is 34.3 Å². The first kappa shape index (κ1) is 15.6. The minimum absolute atomic E-state index is 0.0823. The summed E-state index contributed by atoms with van der Waals surface area (Å²) in [6.45, 7) is 0. The summed E-state index contributed by atoms with van der Waals surface area (Å²) in [6.07, 6.45) is 0. The largest absolute Gasteiger partial charge is 0.298 e. The number of carbonyl (C=O) groups excluding carboxylic acids is 1. The lowest BCUT2D eigenvalue weighted by molar-refractivity contribution is -0.384. The van der Waals surface area contributed by atoms with Crippen molar-refractivity contribution in [1.82, 2.24) is 4.98 Å². The van der Waals surface area contributed by atoms with Crippen molar-refractivity contribution in [2.45, 2.75) is 0 Å². The molecule has 0 atom stereocenters. The van der Waals surface area contributed by atoms with Crippen molar-refractivity contribution in [2.24, 2.45) is 0 Å². The Kier molecular flexibility index (Phi) is 4.37. The van der Waals surface area contributed by atoms with Gasteiger partial charge in [-0.05, 0) is 23.6 Å². The molecule has 0 fully saturated rings. The maximum absolute atomic E-state index is 12.2. The summed E-state index contributed by atoms with van der Waals surface area (Å²) >= 11 is 8.68. The zero-order valence-electron chi connectivity index (χ0n) is 11.4. The number of hydrogen-bond acceptors (Lipinski definition) is 6. The molecule has 2 aromatic heterocycles. The van der Waals surface area contributed by atoms with Crippen LogP contribution in [0.3, 0.4) is 0 Å². The molecule has 9 heteroatoms. The van der Waals surface area contributed by atoms with Gasteiger partial charge in [-0.1, -0.05) is 17.7 Å². The fourth-order valence-electron chi connectivity index (χ4n) is 1.83. The maximum atomic E-state index is 12.2. The molecule has 116 valence electrons. The molecule has 3 rings (SSSR count). The molecule has 3 aromatic rings. The molecule has 0 bridgehead atoms. The van der Waals surface area contributed by atoms with Gasteiger partial charge in [0, 0.05) is 17.0 Å². The van der Waals surface area contributed by atoms with Crippen molar-refractivity contribution in [3.05, 3.63) is 61.8 Å². The Labute approximate surface area is 143 Å². The summed E-state index contributed by atoms with van der Waals surface area (Å²) in [7, 11) is 0. The predicted molar refractivity (Wildman–Crippen MR) is 91.5 cm³/mol. The summed E-state index contributed by atoms with van der Waals surface area (Å²) in [4.78, 5) is 27.7. The number of aromatic nitrogens is 1. The van der Waals surface area contributed by atoms with Gasteiger partial charge in [-0.2, -0.15) is 0 Å². The Balaban J connectivity index is 1.77. The number of amides is 1. The van der Waals surface area contributed by atoms with Crippen molar-refractivity contribution in [3.8, 4) is 10.6 Å². The molecule has 0 radical (unpaired) electrons. The van der Waals surface area contributed by atoms with E-state index in [-0.39, 0.29) is 16.3 Å². The molecular formula is C14H8ClN3O3S2. The van der Waals surface area contributed by atoms with Crippen LogP contribution in [0.4, 0.5) is 10.8 Å². The van der Waals surface area contributed by atoms with Crippen LogP contribution in [0.2, 0.25) is 5.02 Å². The van der Waals surface area contributed by atoms with E-state index in [0.717, 1.165) is 10.6 Å². The molecule has 0 spiro atoms. The zero-order valence-corrected chi connectivity index (χ0v) is 13.7. The van der Waals surface area contributed by atoms with Crippen LogP contribution in [0.25, 0.3) is 10.6 Å². The second-order valence-electron chi connectivity index (χ2n) is 4.39. The summed E-state index contributed by atoms with van der Waals surface area (Å²) in [5.74, 6) is -0.422. The van der Waals surface area contributed by atoms with Crippen molar-refractivity contribution in [2.75, 3.05) is 5.32 Å². The SMILES string of the molecule is O=C(Nc1nc(-c2cccs2)cs1)c1ccc([N+](=O)[O-])c(Cl)c1. The molecule has 0 aliphatic heterocycles. The molecule has 0 aliphatic carbocycles. The van der Waals surface area contributed by atoms with Gasteiger partial charge in [0.25, 0.3) is 11.6 Å². The van der Waals surface area contributed by atoms with E-state index in [2.05, 4.69) is 10.3 Å². The standard InChI is InChI=1S/C14H8ClN3O3S2/c15-9-6-8(3-4-11(9)18(20)21)13(19)17-14-16-10(7-23-14)12-2-1-5-22-12/h1-7H,(H,16,17,19). The normalized spacial score (nSPS) is 10.5. The number of nitrogens with one attached hydrogen (secondary N) is 1. The maximum Gasteiger partial charge on any atom is 0.287 e.